The highest BCUT2D eigenvalue weighted by Crippen LogP contribution is 2.18. The maximum absolute atomic E-state index is 12.4. The van der Waals surface area contributed by atoms with Crippen LogP contribution in [0.15, 0.2) is 66.1 Å². The molecule has 0 aliphatic carbocycles. The minimum atomic E-state index is -3.58. The molecule has 0 aliphatic heterocycles. The molecule has 2 N–H and O–H groups in total. The topological polar surface area (TPSA) is 109 Å². The molecule has 158 valence electrons. The van der Waals surface area contributed by atoms with Gasteiger partial charge in [0.1, 0.15) is 12.7 Å². The summed E-state index contributed by atoms with van der Waals surface area (Å²) in [6.45, 7) is 1.09. The fraction of sp³-hybridized carbons (Fsp3) is 0.250. The van der Waals surface area contributed by atoms with Gasteiger partial charge in [0.2, 0.25) is 10.0 Å². The van der Waals surface area contributed by atoms with Gasteiger partial charge in [-0.2, -0.15) is 5.10 Å². The quantitative estimate of drug-likeness (QED) is 0.566. The summed E-state index contributed by atoms with van der Waals surface area (Å²) in [4.78, 5) is 16.3. The summed E-state index contributed by atoms with van der Waals surface area (Å²) in [5, 5.41) is 9.56. The summed E-state index contributed by atoms with van der Waals surface area (Å²) in [5.74, 6) is 0. The number of aromatic nitrogens is 3. The SMILES string of the molecule is CN(C)S(=O)(=O)c1ccccc1CNC(=O)NCc1ccc(Cn2cncn2)cc1. The predicted molar refractivity (Wildman–Crippen MR) is 112 cm³/mol. The number of sulfonamides is 1. The van der Waals surface area contributed by atoms with E-state index in [-0.39, 0.29) is 17.5 Å². The molecule has 0 aliphatic rings. The molecule has 0 spiro atoms. The summed E-state index contributed by atoms with van der Waals surface area (Å²) in [5.41, 5.74) is 2.55. The van der Waals surface area contributed by atoms with E-state index in [0.29, 0.717) is 18.7 Å². The first-order chi connectivity index (χ1) is 14.4. The molecule has 9 nitrogen and oxygen atoms in total. The van der Waals surface area contributed by atoms with E-state index in [1.807, 2.05) is 24.3 Å². The predicted octanol–water partition coefficient (Wildman–Crippen LogP) is 1.58. The third-order valence-corrected chi connectivity index (χ3v) is 6.37. The van der Waals surface area contributed by atoms with Crippen molar-refractivity contribution in [3.63, 3.8) is 0 Å². The molecule has 3 rings (SSSR count). The summed E-state index contributed by atoms with van der Waals surface area (Å²) in [6, 6.07) is 14.1. The molecular weight excluding hydrogens is 404 g/mol. The zero-order valence-corrected chi connectivity index (χ0v) is 17.6. The number of urea groups is 1. The zero-order chi connectivity index (χ0) is 21.6. The van der Waals surface area contributed by atoms with E-state index in [4.69, 9.17) is 0 Å². The lowest BCUT2D eigenvalue weighted by molar-refractivity contribution is 0.240. The molecule has 10 heteroatoms. The van der Waals surface area contributed by atoms with Gasteiger partial charge >= 0.3 is 6.03 Å². The Morgan fingerprint density at radius 3 is 2.33 bits per heavy atom. The van der Waals surface area contributed by atoms with Gasteiger partial charge in [-0.25, -0.2) is 27.2 Å². The Morgan fingerprint density at radius 1 is 1.00 bits per heavy atom. The molecule has 0 fully saturated rings. The first-order valence-corrected chi connectivity index (χ1v) is 10.7. The molecular formula is C20H24N6O3S. The van der Waals surface area contributed by atoms with Crippen molar-refractivity contribution in [2.45, 2.75) is 24.5 Å². The summed E-state index contributed by atoms with van der Waals surface area (Å²) < 4.78 is 27.7. The summed E-state index contributed by atoms with van der Waals surface area (Å²) in [6.07, 6.45) is 3.15. The Bertz CT molecular complexity index is 1080. The number of nitrogens with zero attached hydrogens (tertiary/aromatic N) is 4. The van der Waals surface area contributed by atoms with Crippen LogP contribution in [0.3, 0.4) is 0 Å². The molecule has 2 amide bonds. The fourth-order valence-electron chi connectivity index (χ4n) is 2.78. The van der Waals surface area contributed by atoms with Crippen molar-refractivity contribution in [2.24, 2.45) is 0 Å². The lowest BCUT2D eigenvalue weighted by Crippen LogP contribution is -2.35. The van der Waals surface area contributed by atoms with Gasteiger partial charge in [-0.1, -0.05) is 42.5 Å². The summed E-state index contributed by atoms with van der Waals surface area (Å²) >= 11 is 0. The number of carbonyl (C=O) groups is 1. The minimum absolute atomic E-state index is 0.103. The van der Waals surface area contributed by atoms with Gasteiger partial charge in [-0.15, -0.1) is 0 Å². The second-order valence-corrected chi connectivity index (χ2v) is 8.96. The second kappa shape index (κ2) is 9.51. The van der Waals surface area contributed by atoms with Crippen molar-refractivity contribution in [3.8, 4) is 0 Å². The number of amides is 2. The van der Waals surface area contributed by atoms with Crippen LogP contribution in [0.2, 0.25) is 0 Å². The van der Waals surface area contributed by atoms with Crippen LogP contribution >= 0.6 is 0 Å². The highest BCUT2D eigenvalue weighted by atomic mass is 32.2. The molecule has 0 atom stereocenters. The van der Waals surface area contributed by atoms with Crippen LogP contribution in [0.1, 0.15) is 16.7 Å². The number of rotatable bonds is 8. The Labute approximate surface area is 175 Å². The van der Waals surface area contributed by atoms with Crippen LogP contribution in [-0.4, -0.2) is 47.6 Å². The Hall–Kier alpha value is -3.24. The first kappa shape index (κ1) is 21.5. The smallest absolute Gasteiger partial charge is 0.315 e. The first-order valence-electron chi connectivity index (χ1n) is 9.28. The van der Waals surface area contributed by atoms with Crippen LogP contribution in [0.5, 0.6) is 0 Å². The van der Waals surface area contributed by atoms with Crippen molar-refractivity contribution in [2.75, 3.05) is 14.1 Å². The lowest BCUT2D eigenvalue weighted by atomic mass is 10.1. The molecule has 0 saturated carbocycles. The maximum Gasteiger partial charge on any atom is 0.315 e. The van der Waals surface area contributed by atoms with Gasteiger partial charge < -0.3 is 10.6 Å². The van der Waals surface area contributed by atoms with Gasteiger partial charge in [0.15, 0.2) is 0 Å². The normalized spacial score (nSPS) is 11.4. The van der Waals surface area contributed by atoms with Crippen LogP contribution in [0.4, 0.5) is 4.79 Å². The molecule has 0 unspecified atom stereocenters. The Morgan fingerprint density at radius 2 is 1.67 bits per heavy atom. The monoisotopic (exact) mass is 428 g/mol. The van der Waals surface area contributed by atoms with Crippen molar-refractivity contribution in [3.05, 3.63) is 77.9 Å². The molecule has 0 bridgehead atoms. The third kappa shape index (κ3) is 5.43. The molecule has 1 heterocycles. The van der Waals surface area contributed by atoms with Crippen LogP contribution in [0.25, 0.3) is 0 Å². The van der Waals surface area contributed by atoms with E-state index in [1.165, 1.54) is 26.5 Å². The van der Waals surface area contributed by atoms with E-state index in [9.17, 15) is 13.2 Å². The van der Waals surface area contributed by atoms with Gasteiger partial charge in [0.05, 0.1) is 11.4 Å². The molecule has 0 saturated heterocycles. The maximum atomic E-state index is 12.4. The van der Waals surface area contributed by atoms with Crippen molar-refractivity contribution in [1.82, 2.24) is 29.7 Å². The average Bonchev–Trinajstić information content (AvgIpc) is 3.25. The molecule has 2 aromatic carbocycles. The third-order valence-electron chi connectivity index (χ3n) is 4.46. The molecule has 3 aromatic rings. The Kier molecular flexibility index (Phi) is 6.80. The summed E-state index contributed by atoms with van der Waals surface area (Å²) in [7, 11) is -0.631. The number of nitrogens with one attached hydrogen (secondary N) is 2. The Balaban J connectivity index is 1.52. The minimum Gasteiger partial charge on any atom is -0.334 e. The van der Waals surface area contributed by atoms with Crippen LogP contribution < -0.4 is 10.6 Å². The highest BCUT2D eigenvalue weighted by Gasteiger charge is 2.20. The standard InChI is InChI=1S/C20H24N6O3S/c1-25(2)30(28,29)19-6-4-3-5-18(19)12-23-20(27)22-11-16-7-9-17(10-8-16)13-26-15-21-14-24-26/h3-10,14-15H,11-13H2,1-2H3,(H2,22,23,27). The van der Waals surface area contributed by atoms with Crippen LogP contribution in [0, 0.1) is 0 Å². The second-order valence-electron chi connectivity index (χ2n) is 6.84. The van der Waals surface area contributed by atoms with Crippen molar-refractivity contribution >= 4 is 16.1 Å². The van der Waals surface area contributed by atoms with E-state index in [1.54, 1.807) is 29.2 Å². The molecule has 0 radical (unpaired) electrons. The van der Waals surface area contributed by atoms with Gasteiger partial charge in [0, 0.05) is 27.2 Å². The number of carbonyl (C=O) groups excluding carboxylic acids is 1. The lowest BCUT2D eigenvalue weighted by Gasteiger charge is -2.15. The highest BCUT2D eigenvalue weighted by molar-refractivity contribution is 7.89. The largest absolute Gasteiger partial charge is 0.334 e. The van der Waals surface area contributed by atoms with Crippen molar-refractivity contribution < 1.29 is 13.2 Å². The molecule has 1 aromatic heterocycles. The van der Waals surface area contributed by atoms with Gasteiger partial charge in [-0.05, 0) is 22.8 Å². The number of hydrogen-bond acceptors (Lipinski definition) is 5. The van der Waals surface area contributed by atoms with E-state index in [0.717, 1.165) is 15.4 Å². The zero-order valence-electron chi connectivity index (χ0n) is 16.8. The van der Waals surface area contributed by atoms with Gasteiger partial charge in [0.25, 0.3) is 0 Å². The fourth-order valence-corrected chi connectivity index (χ4v) is 3.90. The van der Waals surface area contributed by atoms with E-state index in [2.05, 4.69) is 20.7 Å². The average molecular weight is 429 g/mol. The number of hydrogen-bond donors (Lipinski definition) is 2. The number of benzene rings is 2. The van der Waals surface area contributed by atoms with E-state index >= 15 is 0 Å². The van der Waals surface area contributed by atoms with Crippen LogP contribution in [-0.2, 0) is 29.7 Å². The molecule has 30 heavy (non-hydrogen) atoms. The van der Waals surface area contributed by atoms with Gasteiger partial charge in [-0.3, -0.25) is 0 Å². The van der Waals surface area contributed by atoms with Crippen molar-refractivity contribution in [1.29, 1.82) is 0 Å². The van der Waals surface area contributed by atoms with E-state index < -0.39 is 10.0 Å².